The highest BCUT2D eigenvalue weighted by Gasteiger charge is 2.14. The van der Waals surface area contributed by atoms with E-state index in [0.717, 1.165) is 17.7 Å². The Bertz CT molecular complexity index is 619. The van der Waals surface area contributed by atoms with Crippen LogP contribution in [0.2, 0.25) is 0 Å². The molecule has 1 aliphatic rings. The molecule has 1 unspecified atom stereocenters. The van der Waals surface area contributed by atoms with Gasteiger partial charge in [-0.05, 0) is 30.4 Å². The summed E-state index contributed by atoms with van der Waals surface area (Å²) in [6.45, 7) is 0.304. The Morgan fingerprint density at radius 2 is 2.04 bits per heavy atom. The lowest BCUT2D eigenvalue weighted by molar-refractivity contribution is 0.191. The number of thiophene rings is 1. The van der Waals surface area contributed by atoms with Crippen LogP contribution in [0.4, 0.5) is 0 Å². The average molecular weight is 445 g/mol. The first kappa shape index (κ1) is 18.5. The maximum absolute atomic E-state index is 10.3. The zero-order valence-electron chi connectivity index (χ0n) is 13.1. The Kier molecular flexibility index (Phi) is 7.10. The van der Waals surface area contributed by atoms with Gasteiger partial charge in [-0.25, -0.2) is 0 Å². The minimum absolute atomic E-state index is 0. The van der Waals surface area contributed by atoms with E-state index in [0.29, 0.717) is 18.5 Å². The second-order valence-corrected chi connectivity index (χ2v) is 7.02. The highest BCUT2D eigenvalue weighted by atomic mass is 127. The summed E-state index contributed by atoms with van der Waals surface area (Å²) >= 11 is 1.61. The smallest absolute Gasteiger partial charge is 0.188 e. The number of fused-ring (bicyclic) bond motifs is 1. The highest BCUT2D eigenvalue weighted by molar-refractivity contribution is 14.0. The molecule has 126 valence electrons. The maximum atomic E-state index is 10.3. The quantitative estimate of drug-likeness (QED) is 0.381. The van der Waals surface area contributed by atoms with E-state index in [1.165, 1.54) is 29.3 Å². The van der Waals surface area contributed by atoms with Crippen molar-refractivity contribution in [3.8, 4) is 0 Å². The second kappa shape index (κ2) is 8.84. The number of halogens is 1. The number of rotatable bonds is 4. The van der Waals surface area contributed by atoms with E-state index in [1.807, 2.05) is 18.2 Å². The Morgan fingerprint density at radius 3 is 2.78 bits per heavy atom. The van der Waals surface area contributed by atoms with Gasteiger partial charge in [0.2, 0.25) is 0 Å². The second-order valence-electron chi connectivity index (χ2n) is 5.91. The first-order chi connectivity index (χ1) is 10.7. The summed E-state index contributed by atoms with van der Waals surface area (Å²) in [4.78, 5) is 5.24. The van der Waals surface area contributed by atoms with E-state index in [1.54, 1.807) is 11.3 Å². The molecule has 0 spiro atoms. The average Bonchev–Trinajstić information content (AvgIpc) is 2.98. The Hall–Kier alpha value is -0.860. The van der Waals surface area contributed by atoms with E-state index in [9.17, 15) is 5.11 Å². The largest absolute Gasteiger partial charge is 0.386 e. The molecule has 1 heterocycles. The minimum Gasteiger partial charge on any atom is -0.386 e. The Labute approximate surface area is 158 Å². The van der Waals surface area contributed by atoms with Gasteiger partial charge in [-0.3, -0.25) is 4.99 Å². The molecule has 0 bridgehead atoms. The van der Waals surface area contributed by atoms with E-state index in [4.69, 9.17) is 5.73 Å². The van der Waals surface area contributed by atoms with Crippen molar-refractivity contribution >= 4 is 51.4 Å². The lowest BCUT2D eigenvalue weighted by Gasteiger charge is -2.23. The van der Waals surface area contributed by atoms with Gasteiger partial charge in [0.1, 0.15) is 6.10 Å². The minimum atomic E-state index is -0.593. The number of benzene rings is 1. The Morgan fingerprint density at radius 1 is 1.30 bits per heavy atom. The number of aliphatic imine (C=N–C) groups is 1. The first-order valence-corrected chi connectivity index (χ1v) is 8.77. The third kappa shape index (κ3) is 5.06. The number of nitrogens with zero attached hydrogens (tertiary/aromatic N) is 1. The monoisotopic (exact) mass is 445 g/mol. The van der Waals surface area contributed by atoms with Crippen LogP contribution in [0, 0.1) is 0 Å². The summed E-state index contributed by atoms with van der Waals surface area (Å²) in [5, 5.41) is 14.7. The van der Waals surface area contributed by atoms with Gasteiger partial charge in [0.15, 0.2) is 5.96 Å². The van der Waals surface area contributed by atoms with Crippen LogP contribution in [0.25, 0.3) is 10.1 Å². The maximum Gasteiger partial charge on any atom is 0.188 e. The molecule has 0 amide bonds. The zero-order chi connectivity index (χ0) is 15.4. The lowest BCUT2D eigenvalue weighted by atomic mass is 9.96. The van der Waals surface area contributed by atoms with Crippen LogP contribution in [-0.4, -0.2) is 23.7 Å². The number of aliphatic hydroxyl groups is 1. The van der Waals surface area contributed by atoms with Crippen molar-refractivity contribution in [3.05, 3.63) is 35.2 Å². The molecular weight excluding hydrogens is 421 g/mol. The van der Waals surface area contributed by atoms with Crippen molar-refractivity contribution in [3.63, 3.8) is 0 Å². The van der Waals surface area contributed by atoms with E-state index < -0.39 is 6.10 Å². The first-order valence-electron chi connectivity index (χ1n) is 7.95. The number of guanidine groups is 1. The molecule has 1 atom stereocenters. The van der Waals surface area contributed by atoms with Crippen LogP contribution in [0.1, 0.15) is 43.1 Å². The van der Waals surface area contributed by atoms with Crippen molar-refractivity contribution in [1.82, 2.24) is 5.32 Å². The normalized spacial score (nSPS) is 17.7. The van der Waals surface area contributed by atoms with E-state index in [2.05, 4.69) is 22.4 Å². The molecule has 1 fully saturated rings. The molecular formula is C17H24IN3OS. The van der Waals surface area contributed by atoms with Crippen molar-refractivity contribution in [1.29, 1.82) is 0 Å². The fourth-order valence-electron chi connectivity index (χ4n) is 2.94. The van der Waals surface area contributed by atoms with Crippen molar-refractivity contribution < 1.29 is 5.11 Å². The van der Waals surface area contributed by atoms with Gasteiger partial charge in [0.05, 0.1) is 6.54 Å². The standard InChI is InChI=1S/C17H23N3OS.HI/c18-17(20-13-7-2-1-3-8-13)19-11-14(21)16-10-12-6-4-5-9-15(12)22-16;/h4-6,9-10,13-14,21H,1-3,7-8,11H2,(H3,18,19,20);1H. The van der Waals surface area contributed by atoms with Gasteiger partial charge in [0, 0.05) is 15.6 Å². The van der Waals surface area contributed by atoms with Gasteiger partial charge in [-0.15, -0.1) is 35.3 Å². The Balaban J connectivity index is 0.00000192. The molecule has 0 saturated heterocycles. The van der Waals surface area contributed by atoms with Gasteiger partial charge >= 0.3 is 0 Å². The predicted octanol–water partition coefficient (Wildman–Crippen LogP) is 3.79. The van der Waals surface area contributed by atoms with Crippen molar-refractivity contribution in [2.24, 2.45) is 10.7 Å². The third-order valence-electron chi connectivity index (χ3n) is 4.16. The van der Waals surface area contributed by atoms with Crippen molar-refractivity contribution in [2.45, 2.75) is 44.2 Å². The number of aliphatic hydroxyl groups excluding tert-OH is 1. The molecule has 2 aromatic rings. The fraction of sp³-hybridized carbons (Fsp3) is 0.471. The summed E-state index contributed by atoms with van der Waals surface area (Å²) in [5.41, 5.74) is 5.94. The van der Waals surface area contributed by atoms with Crippen LogP contribution in [-0.2, 0) is 0 Å². The topological polar surface area (TPSA) is 70.6 Å². The summed E-state index contributed by atoms with van der Waals surface area (Å²) in [6, 6.07) is 10.6. The summed E-state index contributed by atoms with van der Waals surface area (Å²) in [6.07, 6.45) is 5.57. The van der Waals surface area contributed by atoms with Crippen LogP contribution < -0.4 is 11.1 Å². The molecule has 1 aromatic heterocycles. The molecule has 3 rings (SSSR count). The van der Waals surface area contributed by atoms with Gasteiger partial charge in [-0.1, -0.05) is 37.5 Å². The molecule has 4 N–H and O–H groups in total. The third-order valence-corrected chi connectivity index (χ3v) is 5.38. The number of nitrogens with two attached hydrogens (primary N) is 1. The molecule has 4 nitrogen and oxygen atoms in total. The van der Waals surface area contributed by atoms with Crippen LogP contribution in [0.15, 0.2) is 35.3 Å². The van der Waals surface area contributed by atoms with Crippen molar-refractivity contribution in [2.75, 3.05) is 6.54 Å². The molecule has 0 radical (unpaired) electrons. The number of hydrogen-bond donors (Lipinski definition) is 3. The highest BCUT2D eigenvalue weighted by Crippen LogP contribution is 2.29. The van der Waals surface area contributed by atoms with Crippen LogP contribution in [0.3, 0.4) is 0 Å². The van der Waals surface area contributed by atoms with E-state index in [-0.39, 0.29) is 24.0 Å². The SMILES string of the molecule is I.NC(=NCC(O)c1cc2ccccc2s1)NC1CCCCC1. The molecule has 1 aliphatic carbocycles. The molecule has 1 aromatic carbocycles. The number of hydrogen-bond acceptors (Lipinski definition) is 3. The molecule has 0 aliphatic heterocycles. The summed E-state index contributed by atoms with van der Waals surface area (Å²) < 4.78 is 1.19. The van der Waals surface area contributed by atoms with Gasteiger partial charge < -0.3 is 16.2 Å². The van der Waals surface area contributed by atoms with Crippen LogP contribution >= 0.6 is 35.3 Å². The molecule has 23 heavy (non-hydrogen) atoms. The summed E-state index contributed by atoms with van der Waals surface area (Å²) in [7, 11) is 0. The van der Waals surface area contributed by atoms with E-state index >= 15 is 0 Å². The van der Waals surface area contributed by atoms with Gasteiger partial charge in [0.25, 0.3) is 0 Å². The van der Waals surface area contributed by atoms with Crippen LogP contribution in [0.5, 0.6) is 0 Å². The fourth-order valence-corrected chi connectivity index (χ4v) is 3.98. The molecule has 1 saturated carbocycles. The van der Waals surface area contributed by atoms with Gasteiger partial charge in [-0.2, -0.15) is 0 Å². The number of nitrogens with one attached hydrogen (secondary N) is 1. The summed E-state index contributed by atoms with van der Waals surface area (Å²) in [5.74, 6) is 0.451. The predicted molar refractivity (Wildman–Crippen MR) is 109 cm³/mol. The molecule has 6 heteroatoms. The zero-order valence-corrected chi connectivity index (χ0v) is 16.2. The lowest BCUT2D eigenvalue weighted by Crippen LogP contribution is -2.41.